The van der Waals surface area contributed by atoms with Crippen LogP contribution in [-0.4, -0.2) is 10.1 Å². The van der Waals surface area contributed by atoms with Crippen LogP contribution in [0.25, 0.3) is 0 Å². The minimum absolute atomic E-state index is 0.536. The molecule has 1 unspecified atom stereocenters. The summed E-state index contributed by atoms with van der Waals surface area (Å²) in [6.07, 6.45) is 1.27. The van der Waals surface area contributed by atoms with Gasteiger partial charge in [0.15, 0.2) is 0 Å². The molecule has 2 heterocycles. The molecule has 0 radical (unpaired) electrons. The second kappa shape index (κ2) is 3.65. The normalized spacial score (nSPS) is 13.1. The molecule has 0 bridgehead atoms. The summed E-state index contributed by atoms with van der Waals surface area (Å²) in [5, 5.41) is 11.8. The molecule has 0 spiro atoms. The third kappa shape index (κ3) is 1.85. The predicted molar refractivity (Wildman–Crippen MR) is 56.9 cm³/mol. The van der Waals surface area contributed by atoms with Crippen LogP contribution in [0.15, 0.2) is 34.2 Å². The van der Waals surface area contributed by atoms with E-state index in [1.807, 2.05) is 23.6 Å². The number of nitrogens with one attached hydrogen (secondary N) is 1. The topological polar surface area (TPSA) is 36.0 Å². The first-order valence-electron chi connectivity index (χ1n) is 3.82. The van der Waals surface area contributed by atoms with Gasteiger partial charge in [0.05, 0.1) is 0 Å². The first-order valence-corrected chi connectivity index (χ1v) is 5.50. The number of aliphatic hydroxyl groups excluding tert-OH is 1. The number of thiophene rings is 1. The fourth-order valence-corrected chi connectivity index (χ4v) is 2.59. The van der Waals surface area contributed by atoms with E-state index in [4.69, 9.17) is 0 Å². The lowest BCUT2D eigenvalue weighted by molar-refractivity contribution is 0.220. The third-order valence-electron chi connectivity index (χ3n) is 1.77. The Balaban J connectivity index is 2.28. The average molecular weight is 258 g/mol. The van der Waals surface area contributed by atoms with Crippen LogP contribution in [0.4, 0.5) is 0 Å². The van der Waals surface area contributed by atoms with Gasteiger partial charge in [0.2, 0.25) is 0 Å². The molecule has 68 valence electrons. The van der Waals surface area contributed by atoms with Crippen molar-refractivity contribution in [1.29, 1.82) is 0 Å². The zero-order valence-corrected chi connectivity index (χ0v) is 9.10. The Bertz CT molecular complexity index is 382. The number of aromatic amines is 1. The van der Waals surface area contributed by atoms with Gasteiger partial charge in [0.25, 0.3) is 0 Å². The molecule has 2 aromatic rings. The fraction of sp³-hybridized carbons (Fsp3) is 0.111. The molecular weight excluding hydrogens is 250 g/mol. The highest BCUT2D eigenvalue weighted by Crippen LogP contribution is 2.28. The lowest BCUT2D eigenvalue weighted by Gasteiger charge is -2.04. The van der Waals surface area contributed by atoms with E-state index in [1.165, 1.54) is 11.3 Å². The Morgan fingerprint density at radius 1 is 1.54 bits per heavy atom. The Morgan fingerprint density at radius 3 is 2.92 bits per heavy atom. The molecular formula is C9H8BrNOS. The average Bonchev–Trinajstić information content (AvgIpc) is 2.72. The number of H-pyrrole nitrogens is 1. The molecule has 0 aromatic carbocycles. The molecule has 2 nitrogen and oxygen atoms in total. The Kier molecular flexibility index (Phi) is 2.53. The molecule has 1 atom stereocenters. The van der Waals surface area contributed by atoms with Crippen LogP contribution in [0.5, 0.6) is 0 Å². The molecule has 0 fully saturated rings. The second-order valence-corrected chi connectivity index (χ2v) is 4.55. The Labute approximate surface area is 88.4 Å². The number of rotatable bonds is 2. The van der Waals surface area contributed by atoms with Crippen LogP contribution in [-0.2, 0) is 0 Å². The molecule has 0 saturated carbocycles. The summed E-state index contributed by atoms with van der Waals surface area (Å²) in [6.45, 7) is 0. The summed E-state index contributed by atoms with van der Waals surface area (Å²) in [4.78, 5) is 3.93. The van der Waals surface area contributed by atoms with Gasteiger partial charge in [0.1, 0.15) is 6.10 Å². The highest BCUT2D eigenvalue weighted by molar-refractivity contribution is 9.10. The number of aromatic nitrogens is 1. The van der Waals surface area contributed by atoms with Crippen molar-refractivity contribution in [1.82, 2.24) is 4.98 Å². The molecule has 2 aromatic heterocycles. The van der Waals surface area contributed by atoms with Crippen molar-refractivity contribution in [2.24, 2.45) is 0 Å². The lowest BCUT2D eigenvalue weighted by atomic mass is 10.2. The van der Waals surface area contributed by atoms with E-state index in [2.05, 4.69) is 20.9 Å². The summed E-state index contributed by atoms with van der Waals surface area (Å²) in [6, 6.07) is 5.68. The van der Waals surface area contributed by atoms with Crippen molar-refractivity contribution in [2.75, 3.05) is 0 Å². The fourth-order valence-electron chi connectivity index (χ4n) is 1.14. The number of hydrogen-bond acceptors (Lipinski definition) is 2. The maximum absolute atomic E-state index is 9.85. The van der Waals surface area contributed by atoms with Crippen LogP contribution in [0.1, 0.15) is 16.7 Å². The molecule has 0 saturated heterocycles. The molecule has 0 aliphatic rings. The van der Waals surface area contributed by atoms with Gasteiger partial charge in [-0.15, -0.1) is 11.3 Å². The summed E-state index contributed by atoms with van der Waals surface area (Å²) in [5.74, 6) is 0. The van der Waals surface area contributed by atoms with Gasteiger partial charge in [-0.3, -0.25) is 0 Å². The van der Waals surface area contributed by atoms with Gasteiger partial charge in [0, 0.05) is 26.6 Å². The van der Waals surface area contributed by atoms with Crippen molar-refractivity contribution in [3.05, 3.63) is 44.8 Å². The standard InChI is InChI=1S/C9H8BrNOS/c10-6-4-8(13-5-6)9(12)7-2-1-3-11-7/h1-5,9,11-12H. The van der Waals surface area contributed by atoms with Crippen molar-refractivity contribution >= 4 is 27.3 Å². The maximum atomic E-state index is 9.85. The van der Waals surface area contributed by atoms with Crippen molar-refractivity contribution in [2.45, 2.75) is 6.10 Å². The van der Waals surface area contributed by atoms with E-state index in [1.54, 1.807) is 6.20 Å². The van der Waals surface area contributed by atoms with E-state index < -0.39 is 6.10 Å². The van der Waals surface area contributed by atoms with Crippen LogP contribution in [0.3, 0.4) is 0 Å². The number of hydrogen-bond donors (Lipinski definition) is 2. The van der Waals surface area contributed by atoms with E-state index in [-0.39, 0.29) is 0 Å². The van der Waals surface area contributed by atoms with Crippen molar-refractivity contribution in [3.63, 3.8) is 0 Å². The van der Waals surface area contributed by atoms with E-state index in [0.717, 1.165) is 15.0 Å². The molecule has 2 rings (SSSR count). The van der Waals surface area contributed by atoms with Gasteiger partial charge < -0.3 is 10.1 Å². The van der Waals surface area contributed by atoms with Gasteiger partial charge >= 0.3 is 0 Å². The van der Waals surface area contributed by atoms with Gasteiger partial charge in [-0.05, 0) is 34.1 Å². The number of halogens is 1. The summed E-state index contributed by atoms with van der Waals surface area (Å²) < 4.78 is 1.01. The first kappa shape index (κ1) is 8.99. The molecule has 0 aliphatic carbocycles. The number of aliphatic hydroxyl groups is 1. The maximum Gasteiger partial charge on any atom is 0.128 e. The third-order valence-corrected chi connectivity index (χ3v) is 3.52. The van der Waals surface area contributed by atoms with Crippen LogP contribution in [0.2, 0.25) is 0 Å². The van der Waals surface area contributed by atoms with E-state index in [0.29, 0.717) is 0 Å². The zero-order chi connectivity index (χ0) is 9.26. The van der Waals surface area contributed by atoms with Gasteiger partial charge in [-0.2, -0.15) is 0 Å². The molecule has 0 aliphatic heterocycles. The minimum Gasteiger partial charge on any atom is -0.381 e. The van der Waals surface area contributed by atoms with Crippen LogP contribution < -0.4 is 0 Å². The SMILES string of the molecule is OC(c1ccc[nH]1)c1cc(Br)cs1. The summed E-state index contributed by atoms with van der Waals surface area (Å²) in [5.41, 5.74) is 0.828. The zero-order valence-electron chi connectivity index (χ0n) is 6.70. The highest BCUT2D eigenvalue weighted by atomic mass is 79.9. The lowest BCUT2D eigenvalue weighted by Crippen LogP contribution is -1.96. The predicted octanol–water partition coefficient (Wildman–Crippen LogP) is 2.92. The summed E-state index contributed by atoms with van der Waals surface area (Å²) >= 11 is 4.89. The van der Waals surface area contributed by atoms with Crippen LogP contribution in [0, 0.1) is 0 Å². The van der Waals surface area contributed by atoms with E-state index >= 15 is 0 Å². The molecule has 4 heteroatoms. The first-order chi connectivity index (χ1) is 6.27. The van der Waals surface area contributed by atoms with Crippen LogP contribution >= 0.6 is 27.3 Å². The highest BCUT2D eigenvalue weighted by Gasteiger charge is 2.12. The van der Waals surface area contributed by atoms with Crippen molar-refractivity contribution in [3.8, 4) is 0 Å². The van der Waals surface area contributed by atoms with E-state index in [9.17, 15) is 5.11 Å². The largest absolute Gasteiger partial charge is 0.381 e. The van der Waals surface area contributed by atoms with Crippen molar-refractivity contribution < 1.29 is 5.11 Å². The van der Waals surface area contributed by atoms with Gasteiger partial charge in [-0.1, -0.05) is 0 Å². The molecule has 0 amide bonds. The Morgan fingerprint density at radius 2 is 2.38 bits per heavy atom. The molecule has 2 N–H and O–H groups in total. The summed E-state index contributed by atoms with van der Waals surface area (Å²) in [7, 11) is 0. The minimum atomic E-state index is -0.536. The quantitative estimate of drug-likeness (QED) is 0.853. The second-order valence-electron chi connectivity index (χ2n) is 2.70. The monoisotopic (exact) mass is 257 g/mol. The molecule has 13 heavy (non-hydrogen) atoms. The smallest absolute Gasteiger partial charge is 0.128 e. The van der Waals surface area contributed by atoms with Gasteiger partial charge in [-0.25, -0.2) is 0 Å². The Hall–Kier alpha value is -0.580.